The van der Waals surface area contributed by atoms with Crippen LogP contribution in [-0.4, -0.2) is 9.97 Å². The van der Waals surface area contributed by atoms with Crippen LogP contribution in [0.15, 0.2) is 182 Å². The molecule has 0 fully saturated rings. The smallest absolute Gasteiger partial charge is 0.161 e. The summed E-state index contributed by atoms with van der Waals surface area (Å²) in [6.45, 7) is 0. The topological polar surface area (TPSA) is 25.8 Å². The van der Waals surface area contributed by atoms with E-state index >= 15 is 0 Å². The second kappa shape index (κ2) is 11.5. The summed E-state index contributed by atoms with van der Waals surface area (Å²) in [4.78, 5) is 10.8. The first kappa shape index (κ1) is 28.4. The summed E-state index contributed by atoms with van der Waals surface area (Å²) in [6, 6.07) is 65.1. The Hall–Kier alpha value is -6.64. The molecule has 0 N–H and O–H groups in total. The van der Waals surface area contributed by atoms with Gasteiger partial charge in [0.25, 0.3) is 0 Å². The van der Waals surface area contributed by atoms with Gasteiger partial charge in [0.2, 0.25) is 0 Å². The minimum atomic E-state index is 0.720. The number of hydrogen-bond donors (Lipinski definition) is 0. The molecule has 0 aliphatic rings. The largest absolute Gasteiger partial charge is 0.227 e. The maximum atomic E-state index is 5.40. The molecule has 0 amide bonds. The number of rotatable bonds is 4. The molecule has 2 nitrogen and oxygen atoms in total. The Labute approximate surface area is 290 Å². The molecule has 0 spiro atoms. The van der Waals surface area contributed by atoms with Crippen molar-refractivity contribution >= 4 is 54.0 Å². The molecule has 1 heterocycles. The van der Waals surface area contributed by atoms with Crippen molar-refractivity contribution in [3.63, 3.8) is 0 Å². The molecule has 10 aromatic rings. The Morgan fingerprint density at radius 2 is 0.780 bits per heavy atom. The third-order valence-electron chi connectivity index (χ3n) is 10.1. The van der Waals surface area contributed by atoms with E-state index in [2.05, 4.69) is 182 Å². The lowest BCUT2D eigenvalue weighted by atomic mass is 9.86. The third-order valence-corrected chi connectivity index (χ3v) is 10.1. The lowest BCUT2D eigenvalue weighted by molar-refractivity contribution is 1.24. The van der Waals surface area contributed by atoms with E-state index in [9.17, 15) is 0 Å². The molecule has 0 unspecified atom stereocenters. The molecule has 1 aromatic heterocycles. The van der Waals surface area contributed by atoms with E-state index in [4.69, 9.17) is 9.97 Å². The van der Waals surface area contributed by atoms with Crippen LogP contribution in [0.2, 0.25) is 0 Å². The van der Waals surface area contributed by atoms with Crippen LogP contribution in [0, 0.1) is 0 Å². The van der Waals surface area contributed by atoms with Gasteiger partial charge in [-0.3, -0.25) is 0 Å². The van der Waals surface area contributed by atoms with Gasteiger partial charge in [-0.1, -0.05) is 170 Å². The molecule has 0 saturated heterocycles. The van der Waals surface area contributed by atoms with Gasteiger partial charge in [-0.2, -0.15) is 0 Å². The SMILES string of the molecule is c1ccc(-c2nc(-c3ccc(-c4cccc5ccccc45)c4c(-c5cccc6ccccc56)cccc34)nc3c2ccc2ccccc23)cc1. The van der Waals surface area contributed by atoms with E-state index in [0.717, 1.165) is 49.7 Å². The average Bonchev–Trinajstić information content (AvgIpc) is 3.19. The van der Waals surface area contributed by atoms with Crippen molar-refractivity contribution in [2.45, 2.75) is 0 Å². The number of benzene rings is 9. The molecular formula is C48H30N2. The quantitative estimate of drug-likeness (QED) is 0.180. The van der Waals surface area contributed by atoms with Gasteiger partial charge >= 0.3 is 0 Å². The normalized spacial score (nSPS) is 11.6. The Balaban J connectivity index is 1.34. The number of fused-ring (bicyclic) bond motifs is 6. The minimum Gasteiger partial charge on any atom is -0.227 e. The zero-order valence-corrected chi connectivity index (χ0v) is 27.2. The highest BCUT2D eigenvalue weighted by atomic mass is 14.9. The molecule has 0 bridgehead atoms. The van der Waals surface area contributed by atoms with Crippen LogP contribution in [0.3, 0.4) is 0 Å². The van der Waals surface area contributed by atoms with Crippen LogP contribution >= 0.6 is 0 Å². The van der Waals surface area contributed by atoms with Crippen molar-refractivity contribution in [2.75, 3.05) is 0 Å². The third kappa shape index (κ3) is 4.50. The Morgan fingerprint density at radius 1 is 0.280 bits per heavy atom. The number of nitrogens with zero attached hydrogens (tertiary/aromatic N) is 2. The summed E-state index contributed by atoms with van der Waals surface area (Å²) in [5.74, 6) is 0.720. The second-order valence-corrected chi connectivity index (χ2v) is 12.9. The van der Waals surface area contributed by atoms with Gasteiger partial charge in [0.15, 0.2) is 5.82 Å². The van der Waals surface area contributed by atoms with E-state index in [-0.39, 0.29) is 0 Å². The van der Waals surface area contributed by atoms with Gasteiger partial charge in [0.05, 0.1) is 11.2 Å². The number of aromatic nitrogens is 2. The van der Waals surface area contributed by atoms with Crippen molar-refractivity contribution in [1.29, 1.82) is 0 Å². The highest BCUT2D eigenvalue weighted by Crippen LogP contribution is 2.44. The molecule has 0 radical (unpaired) electrons. The lowest BCUT2D eigenvalue weighted by Gasteiger charge is -2.18. The van der Waals surface area contributed by atoms with Crippen molar-refractivity contribution < 1.29 is 0 Å². The number of hydrogen-bond acceptors (Lipinski definition) is 2. The van der Waals surface area contributed by atoms with Gasteiger partial charge in [-0.25, -0.2) is 9.97 Å². The molecule has 232 valence electrons. The van der Waals surface area contributed by atoms with Crippen LogP contribution in [0.4, 0.5) is 0 Å². The van der Waals surface area contributed by atoms with Gasteiger partial charge in [0.1, 0.15) is 0 Å². The van der Waals surface area contributed by atoms with E-state index in [1.165, 1.54) is 49.2 Å². The molecule has 9 aromatic carbocycles. The fourth-order valence-corrected chi connectivity index (χ4v) is 7.77. The van der Waals surface area contributed by atoms with Gasteiger partial charge in [-0.15, -0.1) is 0 Å². The standard InChI is InChI=1S/C48H30N2/c1-2-16-34(17-3-1)46-44-28-27-33-15-6-9-22-37(33)47(44)50-48(49-46)43-30-29-42(39-24-11-19-32-14-5-8-21-36(32)39)45-40(25-12-26-41(43)45)38-23-10-18-31-13-4-7-20-35(31)38/h1-30H. The predicted molar refractivity (Wildman–Crippen MR) is 211 cm³/mol. The fraction of sp³-hybridized carbons (Fsp3) is 0. The zero-order valence-electron chi connectivity index (χ0n) is 27.2. The van der Waals surface area contributed by atoms with E-state index < -0.39 is 0 Å². The van der Waals surface area contributed by atoms with Crippen LogP contribution in [-0.2, 0) is 0 Å². The maximum absolute atomic E-state index is 5.40. The average molecular weight is 635 g/mol. The second-order valence-electron chi connectivity index (χ2n) is 12.9. The molecule has 10 rings (SSSR count). The lowest BCUT2D eigenvalue weighted by Crippen LogP contribution is -1.98. The van der Waals surface area contributed by atoms with Crippen LogP contribution < -0.4 is 0 Å². The summed E-state index contributed by atoms with van der Waals surface area (Å²) in [5, 5.41) is 10.6. The zero-order chi connectivity index (χ0) is 33.0. The Morgan fingerprint density at radius 3 is 1.48 bits per heavy atom. The van der Waals surface area contributed by atoms with Crippen molar-refractivity contribution in [3.05, 3.63) is 182 Å². The summed E-state index contributed by atoms with van der Waals surface area (Å²) in [7, 11) is 0. The highest BCUT2D eigenvalue weighted by molar-refractivity contribution is 6.17. The summed E-state index contributed by atoms with van der Waals surface area (Å²) < 4.78 is 0. The highest BCUT2D eigenvalue weighted by Gasteiger charge is 2.20. The molecule has 0 aliphatic heterocycles. The fourth-order valence-electron chi connectivity index (χ4n) is 7.77. The van der Waals surface area contributed by atoms with Crippen LogP contribution in [0.5, 0.6) is 0 Å². The summed E-state index contributed by atoms with van der Waals surface area (Å²) in [6.07, 6.45) is 0. The van der Waals surface area contributed by atoms with Crippen LogP contribution in [0.1, 0.15) is 0 Å². The first-order valence-electron chi connectivity index (χ1n) is 17.1. The molecule has 2 heteroatoms. The van der Waals surface area contributed by atoms with E-state index in [1.807, 2.05) is 0 Å². The molecular weight excluding hydrogens is 605 g/mol. The van der Waals surface area contributed by atoms with Gasteiger partial charge in [-0.05, 0) is 72.1 Å². The predicted octanol–water partition coefficient (Wildman–Crippen LogP) is 12.9. The molecule has 0 atom stereocenters. The molecule has 0 saturated carbocycles. The Bertz CT molecular complexity index is 2830. The van der Waals surface area contributed by atoms with Gasteiger partial charge < -0.3 is 0 Å². The van der Waals surface area contributed by atoms with E-state index in [0.29, 0.717) is 0 Å². The van der Waals surface area contributed by atoms with Crippen molar-refractivity contribution in [2.24, 2.45) is 0 Å². The van der Waals surface area contributed by atoms with Gasteiger partial charge in [0, 0.05) is 21.9 Å². The van der Waals surface area contributed by atoms with E-state index in [1.54, 1.807) is 0 Å². The minimum absolute atomic E-state index is 0.720. The summed E-state index contributed by atoms with van der Waals surface area (Å²) >= 11 is 0. The Kier molecular flexibility index (Phi) is 6.53. The first-order valence-corrected chi connectivity index (χ1v) is 17.1. The maximum Gasteiger partial charge on any atom is 0.161 e. The van der Waals surface area contributed by atoms with Crippen molar-refractivity contribution in [3.8, 4) is 44.9 Å². The molecule has 0 aliphatic carbocycles. The van der Waals surface area contributed by atoms with Crippen molar-refractivity contribution in [1.82, 2.24) is 9.97 Å². The molecule has 50 heavy (non-hydrogen) atoms. The summed E-state index contributed by atoms with van der Waals surface area (Å²) in [5.41, 5.74) is 8.79. The monoisotopic (exact) mass is 634 g/mol. The first-order chi connectivity index (χ1) is 24.8. The van der Waals surface area contributed by atoms with Crippen LogP contribution in [0.25, 0.3) is 98.9 Å².